The first-order chi connectivity index (χ1) is 10.2. The smallest absolute Gasteiger partial charge is 0.274 e. The molecule has 0 aliphatic carbocycles. The van der Waals surface area contributed by atoms with Crippen LogP contribution in [0.1, 0.15) is 28.9 Å². The number of carbonyl (C=O) groups excluding carboxylic acids is 1. The van der Waals surface area contributed by atoms with E-state index in [2.05, 4.69) is 15.2 Å². The summed E-state index contributed by atoms with van der Waals surface area (Å²) in [6, 6.07) is 11.5. The normalized spacial score (nSPS) is 14.2. The van der Waals surface area contributed by atoms with Gasteiger partial charge in [0.1, 0.15) is 5.69 Å². The van der Waals surface area contributed by atoms with E-state index in [-0.39, 0.29) is 5.91 Å². The second-order valence-electron chi connectivity index (χ2n) is 5.36. The van der Waals surface area contributed by atoms with E-state index in [1.165, 1.54) is 12.8 Å². The molecule has 1 aromatic heterocycles. The third-order valence-electron chi connectivity index (χ3n) is 3.84. The van der Waals surface area contributed by atoms with Gasteiger partial charge in [0.15, 0.2) is 0 Å². The van der Waals surface area contributed by atoms with Gasteiger partial charge in [0.25, 0.3) is 5.91 Å². The van der Waals surface area contributed by atoms with Crippen LogP contribution in [0, 0.1) is 6.92 Å². The second kappa shape index (κ2) is 5.95. The fourth-order valence-corrected chi connectivity index (χ4v) is 2.58. The number of aromatic nitrogens is 1. The molecule has 2 aromatic rings. The van der Waals surface area contributed by atoms with Gasteiger partial charge < -0.3 is 10.2 Å². The van der Waals surface area contributed by atoms with Crippen LogP contribution in [-0.2, 0) is 0 Å². The van der Waals surface area contributed by atoms with E-state index in [1.807, 2.05) is 37.3 Å². The Labute approximate surface area is 124 Å². The molecule has 21 heavy (non-hydrogen) atoms. The molecule has 1 fully saturated rings. The minimum atomic E-state index is -0.169. The molecule has 4 nitrogen and oxygen atoms in total. The number of aryl methyl sites for hydroxylation is 1. The summed E-state index contributed by atoms with van der Waals surface area (Å²) < 4.78 is 0. The number of hydrogen-bond donors (Lipinski definition) is 1. The fraction of sp³-hybridized carbons (Fsp3) is 0.294. The van der Waals surface area contributed by atoms with Gasteiger partial charge in [-0.3, -0.25) is 4.79 Å². The molecule has 1 saturated heterocycles. The maximum Gasteiger partial charge on any atom is 0.274 e. The molecule has 0 atom stereocenters. The molecular formula is C17H19N3O. The zero-order chi connectivity index (χ0) is 14.7. The summed E-state index contributed by atoms with van der Waals surface area (Å²) in [7, 11) is 0. The highest BCUT2D eigenvalue weighted by atomic mass is 16.1. The van der Waals surface area contributed by atoms with Crippen molar-refractivity contribution in [3.63, 3.8) is 0 Å². The highest BCUT2D eigenvalue weighted by Gasteiger charge is 2.14. The summed E-state index contributed by atoms with van der Waals surface area (Å²) >= 11 is 0. The van der Waals surface area contributed by atoms with Crippen LogP contribution >= 0.6 is 0 Å². The molecule has 1 aromatic carbocycles. The number of nitrogens with one attached hydrogen (secondary N) is 1. The Hall–Kier alpha value is -2.36. The largest absolute Gasteiger partial charge is 0.370 e. The summed E-state index contributed by atoms with van der Waals surface area (Å²) in [5, 5.41) is 2.90. The van der Waals surface area contributed by atoms with Crippen LogP contribution in [0.15, 0.2) is 42.6 Å². The van der Waals surface area contributed by atoms with E-state index >= 15 is 0 Å². The van der Waals surface area contributed by atoms with Crippen LogP contribution in [0.3, 0.4) is 0 Å². The van der Waals surface area contributed by atoms with Crippen LogP contribution in [0.2, 0.25) is 0 Å². The number of rotatable bonds is 3. The zero-order valence-corrected chi connectivity index (χ0v) is 12.2. The van der Waals surface area contributed by atoms with E-state index < -0.39 is 0 Å². The Morgan fingerprint density at radius 3 is 2.57 bits per heavy atom. The Morgan fingerprint density at radius 1 is 1.14 bits per heavy atom. The van der Waals surface area contributed by atoms with Crippen molar-refractivity contribution in [2.24, 2.45) is 0 Å². The first-order valence-electron chi connectivity index (χ1n) is 7.32. The maximum absolute atomic E-state index is 12.2. The number of benzene rings is 1. The quantitative estimate of drug-likeness (QED) is 0.939. The van der Waals surface area contributed by atoms with Gasteiger partial charge in [-0.15, -0.1) is 0 Å². The topological polar surface area (TPSA) is 45.2 Å². The first kappa shape index (κ1) is 13.6. The van der Waals surface area contributed by atoms with Crippen molar-refractivity contribution in [2.75, 3.05) is 23.3 Å². The van der Waals surface area contributed by atoms with Gasteiger partial charge in [-0.05, 0) is 43.5 Å². The van der Waals surface area contributed by atoms with Crippen molar-refractivity contribution in [1.82, 2.24) is 4.98 Å². The third-order valence-corrected chi connectivity index (χ3v) is 3.84. The Balaban J connectivity index is 1.71. The van der Waals surface area contributed by atoms with Crippen molar-refractivity contribution in [2.45, 2.75) is 19.8 Å². The van der Waals surface area contributed by atoms with Gasteiger partial charge in [0.2, 0.25) is 0 Å². The lowest BCUT2D eigenvalue weighted by Gasteiger charge is -2.17. The molecule has 1 amide bonds. The molecule has 3 rings (SSSR count). The van der Waals surface area contributed by atoms with E-state index in [0.717, 1.165) is 30.0 Å². The molecule has 0 radical (unpaired) electrons. The number of para-hydroxylation sites is 1. The summed E-state index contributed by atoms with van der Waals surface area (Å²) in [6.07, 6.45) is 4.25. The first-order valence-corrected chi connectivity index (χ1v) is 7.32. The molecule has 0 spiro atoms. The molecule has 4 heteroatoms. The lowest BCUT2D eigenvalue weighted by atomic mass is 10.2. The lowest BCUT2D eigenvalue weighted by Crippen LogP contribution is -2.19. The molecule has 0 bridgehead atoms. The molecular weight excluding hydrogens is 262 g/mol. The van der Waals surface area contributed by atoms with Crippen molar-refractivity contribution in [3.8, 4) is 0 Å². The van der Waals surface area contributed by atoms with Gasteiger partial charge in [-0.2, -0.15) is 0 Å². The number of anilines is 2. The number of carbonyl (C=O) groups is 1. The molecule has 1 N–H and O–H groups in total. The van der Waals surface area contributed by atoms with Crippen molar-refractivity contribution < 1.29 is 4.79 Å². The van der Waals surface area contributed by atoms with Crippen molar-refractivity contribution in [3.05, 3.63) is 53.9 Å². The van der Waals surface area contributed by atoms with Crippen LogP contribution < -0.4 is 10.2 Å². The lowest BCUT2D eigenvalue weighted by molar-refractivity contribution is 0.102. The van der Waals surface area contributed by atoms with Gasteiger partial charge in [0, 0.05) is 18.8 Å². The number of amides is 1. The third kappa shape index (κ3) is 3.05. The van der Waals surface area contributed by atoms with Gasteiger partial charge in [-0.25, -0.2) is 4.98 Å². The minimum Gasteiger partial charge on any atom is -0.370 e. The van der Waals surface area contributed by atoms with Crippen molar-refractivity contribution in [1.29, 1.82) is 0 Å². The maximum atomic E-state index is 12.2. The average Bonchev–Trinajstić information content (AvgIpc) is 3.04. The van der Waals surface area contributed by atoms with Crippen LogP contribution in [0.5, 0.6) is 0 Å². The van der Waals surface area contributed by atoms with E-state index in [9.17, 15) is 4.79 Å². The second-order valence-corrected chi connectivity index (χ2v) is 5.36. The Bertz CT molecular complexity index is 631. The van der Waals surface area contributed by atoms with E-state index in [1.54, 1.807) is 12.3 Å². The van der Waals surface area contributed by atoms with Gasteiger partial charge >= 0.3 is 0 Å². The average molecular weight is 281 g/mol. The number of hydrogen-bond acceptors (Lipinski definition) is 3. The standard InChI is InChI=1S/C17H19N3O/c1-13-6-2-3-7-15(13)19-17(21)16-9-8-14(12-18-16)20-10-4-5-11-20/h2-3,6-9,12H,4-5,10-11H2,1H3,(H,19,21). The van der Waals surface area contributed by atoms with Gasteiger partial charge in [-0.1, -0.05) is 18.2 Å². The molecule has 108 valence electrons. The molecule has 2 heterocycles. The summed E-state index contributed by atoms with van der Waals surface area (Å²) in [5.74, 6) is -0.169. The summed E-state index contributed by atoms with van der Waals surface area (Å²) in [6.45, 7) is 4.13. The Morgan fingerprint density at radius 2 is 1.90 bits per heavy atom. The monoisotopic (exact) mass is 281 g/mol. The summed E-state index contributed by atoms with van der Waals surface area (Å²) in [5.41, 5.74) is 3.41. The van der Waals surface area contributed by atoms with Gasteiger partial charge in [0.05, 0.1) is 11.9 Å². The fourth-order valence-electron chi connectivity index (χ4n) is 2.58. The zero-order valence-electron chi connectivity index (χ0n) is 12.2. The number of nitrogens with zero attached hydrogens (tertiary/aromatic N) is 2. The predicted octanol–water partition coefficient (Wildman–Crippen LogP) is 3.24. The highest BCUT2D eigenvalue weighted by molar-refractivity contribution is 6.03. The molecule has 1 aliphatic rings. The van der Waals surface area contributed by atoms with Crippen molar-refractivity contribution >= 4 is 17.3 Å². The SMILES string of the molecule is Cc1ccccc1NC(=O)c1ccc(N2CCCC2)cn1. The van der Waals surface area contributed by atoms with Crippen LogP contribution in [-0.4, -0.2) is 24.0 Å². The highest BCUT2D eigenvalue weighted by Crippen LogP contribution is 2.19. The number of pyridine rings is 1. The minimum absolute atomic E-state index is 0.169. The predicted molar refractivity (Wildman–Crippen MR) is 84.8 cm³/mol. The van der Waals surface area contributed by atoms with Crippen LogP contribution in [0.4, 0.5) is 11.4 Å². The molecule has 1 aliphatic heterocycles. The van der Waals surface area contributed by atoms with E-state index in [0.29, 0.717) is 5.69 Å². The molecule has 0 unspecified atom stereocenters. The van der Waals surface area contributed by atoms with E-state index in [4.69, 9.17) is 0 Å². The molecule has 0 saturated carbocycles. The van der Waals surface area contributed by atoms with Crippen LogP contribution in [0.25, 0.3) is 0 Å². The summed E-state index contributed by atoms with van der Waals surface area (Å²) in [4.78, 5) is 18.8. The Kier molecular flexibility index (Phi) is 3.86.